The molecule has 36 heavy (non-hydrogen) atoms. The van der Waals surface area contributed by atoms with Gasteiger partial charge in [0.25, 0.3) is 5.56 Å². The Kier molecular flexibility index (Phi) is 5.86. The summed E-state index contributed by atoms with van der Waals surface area (Å²) >= 11 is 0. The number of hydrogen-bond acceptors (Lipinski definition) is 6. The van der Waals surface area contributed by atoms with Crippen molar-refractivity contribution in [1.29, 1.82) is 0 Å². The van der Waals surface area contributed by atoms with Crippen LogP contribution in [-0.2, 0) is 13.2 Å². The topological polar surface area (TPSA) is 126 Å². The smallest absolute Gasteiger partial charge is 0.449 e. The molecule has 0 bridgehead atoms. The number of fused-ring (bicyclic) bond motifs is 1. The maximum Gasteiger partial charge on any atom is 0.511 e. The van der Waals surface area contributed by atoms with E-state index in [2.05, 4.69) is 4.74 Å². The van der Waals surface area contributed by atoms with Crippen LogP contribution in [0.4, 0.5) is 18.0 Å². The third-order valence-electron chi connectivity index (χ3n) is 5.86. The number of hydrogen-bond donors (Lipinski definition) is 1. The molecule has 13 heteroatoms. The Labute approximate surface area is 199 Å². The molecule has 1 N–H and O–H groups in total. The number of oxazole rings is 1. The van der Waals surface area contributed by atoms with Gasteiger partial charge in [0.2, 0.25) is 5.75 Å². The van der Waals surface area contributed by atoms with Gasteiger partial charge in [-0.3, -0.25) is 13.9 Å². The van der Waals surface area contributed by atoms with E-state index in [1.807, 2.05) is 0 Å². The van der Waals surface area contributed by atoms with Crippen LogP contribution in [0.3, 0.4) is 0 Å². The van der Waals surface area contributed by atoms with E-state index in [0.29, 0.717) is 10.1 Å². The van der Waals surface area contributed by atoms with Crippen molar-refractivity contribution in [2.45, 2.75) is 26.1 Å². The number of aromatic nitrogens is 3. The summed E-state index contributed by atoms with van der Waals surface area (Å²) in [6.07, 6.45) is -5.66. The molecule has 0 aliphatic heterocycles. The van der Waals surface area contributed by atoms with Crippen LogP contribution in [0, 0.1) is 6.92 Å². The molecular formula is C23H18F3N3O7. The van der Waals surface area contributed by atoms with Gasteiger partial charge in [-0.15, -0.1) is 0 Å². The fourth-order valence-corrected chi connectivity index (χ4v) is 4.06. The van der Waals surface area contributed by atoms with E-state index < -0.39 is 46.7 Å². The largest absolute Gasteiger partial charge is 0.511 e. The van der Waals surface area contributed by atoms with Crippen molar-refractivity contribution in [3.8, 4) is 11.4 Å². The molecule has 0 aliphatic carbocycles. The van der Waals surface area contributed by atoms with Gasteiger partial charge in [-0.2, -0.15) is 13.2 Å². The summed E-state index contributed by atoms with van der Waals surface area (Å²) in [6.45, 7) is 2.54. The van der Waals surface area contributed by atoms with E-state index in [9.17, 15) is 32.3 Å². The van der Waals surface area contributed by atoms with Crippen LogP contribution in [-0.4, -0.2) is 25.0 Å². The molecular weight excluding hydrogens is 487 g/mol. The van der Waals surface area contributed by atoms with Crippen molar-refractivity contribution in [3.05, 3.63) is 90.7 Å². The molecule has 0 amide bonds. The Balaban J connectivity index is 1.99. The molecule has 4 rings (SSSR count). The zero-order chi connectivity index (χ0) is 26.5. The Bertz CT molecular complexity index is 1690. The molecule has 0 radical (unpaired) electrons. The van der Waals surface area contributed by atoms with Gasteiger partial charge < -0.3 is 14.3 Å². The molecule has 0 spiro atoms. The molecule has 0 aliphatic rings. The molecule has 0 saturated carbocycles. The average Bonchev–Trinajstić information content (AvgIpc) is 3.07. The van der Waals surface area contributed by atoms with Crippen LogP contribution in [0.1, 0.15) is 29.7 Å². The fourth-order valence-electron chi connectivity index (χ4n) is 4.06. The lowest BCUT2D eigenvalue weighted by molar-refractivity contribution is -0.138. The zero-order valence-electron chi connectivity index (χ0n) is 19.0. The van der Waals surface area contributed by atoms with Gasteiger partial charge in [0.1, 0.15) is 0 Å². The molecule has 2 aromatic carbocycles. The minimum absolute atomic E-state index is 0.0209. The van der Waals surface area contributed by atoms with Crippen LogP contribution in [0.5, 0.6) is 5.75 Å². The number of carbonyl (C=O) groups is 1. The lowest BCUT2D eigenvalue weighted by Gasteiger charge is -2.21. The summed E-state index contributed by atoms with van der Waals surface area (Å²) in [5, 5.41) is 9.08. The first-order valence-electron chi connectivity index (χ1n) is 10.4. The van der Waals surface area contributed by atoms with E-state index >= 15 is 0 Å². The van der Waals surface area contributed by atoms with Gasteiger partial charge in [0.05, 0.1) is 29.0 Å². The summed E-state index contributed by atoms with van der Waals surface area (Å²) < 4.78 is 52.8. The van der Waals surface area contributed by atoms with Crippen molar-refractivity contribution >= 4 is 17.3 Å². The Morgan fingerprint density at radius 2 is 1.83 bits per heavy atom. The number of carboxylic acid groups (broad SMARTS) is 1. The lowest BCUT2D eigenvalue weighted by Crippen LogP contribution is -2.42. The number of nitrogens with zero attached hydrogens (tertiary/aromatic N) is 3. The maximum absolute atomic E-state index is 13.5. The number of aryl methyl sites for hydroxylation is 1. The Hall–Kier alpha value is -4.55. The van der Waals surface area contributed by atoms with Crippen LogP contribution in [0.15, 0.2) is 61.4 Å². The normalized spacial score (nSPS) is 12.6. The first-order valence-corrected chi connectivity index (χ1v) is 10.4. The maximum atomic E-state index is 13.5. The van der Waals surface area contributed by atoms with Crippen LogP contribution in [0.25, 0.3) is 16.8 Å². The van der Waals surface area contributed by atoms with E-state index in [-0.39, 0.29) is 22.4 Å². The molecule has 10 nitrogen and oxygen atoms in total. The van der Waals surface area contributed by atoms with Gasteiger partial charge in [-0.25, -0.2) is 19.0 Å². The number of benzene rings is 2. The van der Waals surface area contributed by atoms with Crippen molar-refractivity contribution in [2.24, 2.45) is 7.05 Å². The Morgan fingerprint density at radius 1 is 1.14 bits per heavy atom. The van der Waals surface area contributed by atoms with Crippen molar-refractivity contribution in [1.82, 2.24) is 13.7 Å². The van der Waals surface area contributed by atoms with Crippen LogP contribution in [0.2, 0.25) is 0 Å². The van der Waals surface area contributed by atoms with Crippen molar-refractivity contribution in [2.75, 3.05) is 0 Å². The zero-order valence-corrected chi connectivity index (χ0v) is 19.0. The van der Waals surface area contributed by atoms with Gasteiger partial charge in [-0.1, -0.05) is 12.1 Å². The highest BCUT2D eigenvalue weighted by atomic mass is 19.4. The van der Waals surface area contributed by atoms with Gasteiger partial charge in [0.15, 0.2) is 5.58 Å². The molecule has 4 aromatic rings. The Morgan fingerprint density at radius 3 is 2.47 bits per heavy atom. The monoisotopic (exact) mass is 505 g/mol. The number of alkyl halides is 3. The van der Waals surface area contributed by atoms with E-state index in [1.54, 1.807) is 0 Å². The van der Waals surface area contributed by atoms with E-state index in [0.717, 1.165) is 22.9 Å². The second kappa shape index (κ2) is 8.59. The van der Waals surface area contributed by atoms with E-state index in [4.69, 9.17) is 9.52 Å². The second-order valence-electron chi connectivity index (χ2n) is 7.96. The lowest BCUT2D eigenvalue weighted by atomic mass is 9.97. The highest BCUT2D eigenvalue weighted by Gasteiger charge is 2.34. The van der Waals surface area contributed by atoms with Crippen molar-refractivity contribution < 1.29 is 32.2 Å². The SMILES string of the molecule is Cc1c(C(C)n2c(=O)c(OC(=O)O)cn(-c3ccc4c(c3)oc(=O)n4C)c2=O)cccc1C(F)(F)F. The second-order valence-corrected chi connectivity index (χ2v) is 7.96. The summed E-state index contributed by atoms with van der Waals surface area (Å²) in [5.41, 5.74) is -2.68. The third-order valence-corrected chi connectivity index (χ3v) is 5.86. The number of halogens is 3. The molecule has 2 heterocycles. The van der Waals surface area contributed by atoms with Crippen molar-refractivity contribution in [3.63, 3.8) is 0 Å². The predicted molar refractivity (Wildman–Crippen MR) is 120 cm³/mol. The third kappa shape index (κ3) is 4.08. The predicted octanol–water partition coefficient (Wildman–Crippen LogP) is 3.44. The van der Waals surface area contributed by atoms with Crippen LogP contribution >= 0.6 is 0 Å². The molecule has 188 valence electrons. The molecule has 2 aromatic heterocycles. The van der Waals surface area contributed by atoms with Gasteiger partial charge in [-0.05, 0) is 43.2 Å². The standard InChI is InChI=1S/C23H18F3N3O7/c1-11-14(5-4-6-15(11)23(24,25)26)12(2)29-19(30)18(36-22(33)34)10-28(20(29)31)13-7-8-16-17(9-13)35-21(32)27(16)3/h4-10,12H,1-3H3,(H,33,34). The van der Waals surface area contributed by atoms with E-state index in [1.165, 1.54) is 49.7 Å². The minimum atomic E-state index is -4.67. The summed E-state index contributed by atoms with van der Waals surface area (Å²) in [7, 11) is 1.47. The summed E-state index contributed by atoms with van der Waals surface area (Å²) in [6, 6.07) is 6.31. The summed E-state index contributed by atoms with van der Waals surface area (Å²) in [4.78, 5) is 49.5. The quantitative estimate of drug-likeness (QED) is 0.421. The first kappa shape index (κ1) is 24.6. The molecule has 1 atom stereocenters. The van der Waals surface area contributed by atoms with Crippen LogP contribution < -0.4 is 21.7 Å². The summed E-state index contributed by atoms with van der Waals surface area (Å²) in [5.74, 6) is -1.42. The average molecular weight is 505 g/mol. The fraction of sp³-hybridized carbons (Fsp3) is 0.217. The first-order chi connectivity index (χ1) is 16.8. The molecule has 0 fully saturated rings. The van der Waals surface area contributed by atoms with Gasteiger partial charge in [0, 0.05) is 13.1 Å². The molecule has 1 unspecified atom stereocenters. The number of rotatable bonds is 4. The highest BCUT2D eigenvalue weighted by Crippen LogP contribution is 2.35. The number of ether oxygens (including phenoxy) is 1. The molecule has 0 saturated heterocycles. The highest BCUT2D eigenvalue weighted by molar-refractivity contribution is 5.75. The van der Waals surface area contributed by atoms with Gasteiger partial charge >= 0.3 is 23.8 Å². The minimum Gasteiger partial charge on any atom is -0.449 e.